The highest BCUT2D eigenvalue weighted by Crippen LogP contribution is 2.23. The van der Waals surface area contributed by atoms with Crippen molar-refractivity contribution in [2.24, 2.45) is 0 Å². The minimum atomic E-state index is 0.0549. The molecule has 0 unspecified atom stereocenters. The minimum Gasteiger partial charge on any atom is -0.341 e. The van der Waals surface area contributed by atoms with Gasteiger partial charge in [0, 0.05) is 11.1 Å². The molecular weight excluding hydrogens is 186 g/mol. The van der Waals surface area contributed by atoms with Crippen LogP contribution in [0, 0.1) is 13.8 Å². The Labute approximate surface area is 90.0 Å². The maximum Gasteiger partial charge on any atom is 0.112 e. The maximum absolute atomic E-state index is 4.61. The van der Waals surface area contributed by atoms with Crippen LogP contribution in [-0.4, -0.2) is 15.0 Å². The summed E-state index contributed by atoms with van der Waals surface area (Å²) in [6.45, 7) is 10.5. The number of pyridine rings is 1. The van der Waals surface area contributed by atoms with E-state index in [0.29, 0.717) is 0 Å². The van der Waals surface area contributed by atoms with E-state index in [2.05, 4.69) is 35.7 Å². The Morgan fingerprint density at radius 3 is 2.40 bits per heavy atom. The Morgan fingerprint density at radius 1 is 1.13 bits per heavy atom. The Kier molecular flexibility index (Phi) is 2.07. The van der Waals surface area contributed by atoms with E-state index in [4.69, 9.17) is 0 Å². The van der Waals surface area contributed by atoms with E-state index in [-0.39, 0.29) is 5.41 Å². The van der Waals surface area contributed by atoms with Gasteiger partial charge in [0.2, 0.25) is 0 Å². The first-order chi connectivity index (χ1) is 6.88. The van der Waals surface area contributed by atoms with Crippen molar-refractivity contribution in [3.63, 3.8) is 0 Å². The normalized spacial score (nSPS) is 12.3. The number of hydrogen-bond donors (Lipinski definition) is 1. The van der Waals surface area contributed by atoms with Crippen molar-refractivity contribution in [1.82, 2.24) is 15.0 Å². The lowest BCUT2D eigenvalue weighted by Gasteiger charge is -2.13. The smallest absolute Gasteiger partial charge is 0.112 e. The molecule has 0 amide bonds. The molecule has 0 bridgehead atoms. The summed E-state index contributed by atoms with van der Waals surface area (Å²) in [7, 11) is 0. The lowest BCUT2D eigenvalue weighted by atomic mass is 9.96. The molecule has 2 rings (SSSR count). The van der Waals surface area contributed by atoms with E-state index in [1.165, 1.54) is 0 Å². The van der Waals surface area contributed by atoms with Gasteiger partial charge in [0.25, 0.3) is 0 Å². The van der Waals surface area contributed by atoms with Crippen LogP contribution in [-0.2, 0) is 5.41 Å². The Bertz CT molecular complexity index is 503. The zero-order valence-electron chi connectivity index (χ0n) is 9.97. The first kappa shape index (κ1) is 10.1. The number of fused-ring (bicyclic) bond motifs is 1. The van der Waals surface area contributed by atoms with Crippen molar-refractivity contribution in [2.45, 2.75) is 40.0 Å². The molecule has 80 valence electrons. The molecular formula is C12H17N3. The van der Waals surface area contributed by atoms with Crippen molar-refractivity contribution in [3.05, 3.63) is 23.3 Å². The molecule has 15 heavy (non-hydrogen) atoms. The summed E-state index contributed by atoms with van der Waals surface area (Å²) in [5.41, 5.74) is 4.16. The fourth-order valence-corrected chi connectivity index (χ4v) is 1.68. The number of aromatic amines is 1. The van der Waals surface area contributed by atoms with Gasteiger partial charge in [-0.15, -0.1) is 0 Å². The highest BCUT2D eigenvalue weighted by atomic mass is 15.0. The summed E-state index contributed by atoms with van der Waals surface area (Å²) in [6, 6.07) is 2.05. The molecule has 0 saturated heterocycles. The van der Waals surface area contributed by atoms with Gasteiger partial charge in [0.05, 0.1) is 11.2 Å². The van der Waals surface area contributed by atoms with Gasteiger partial charge in [-0.1, -0.05) is 20.8 Å². The van der Waals surface area contributed by atoms with Crippen molar-refractivity contribution in [2.75, 3.05) is 0 Å². The van der Waals surface area contributed by atoms with Gasteiger partial charge in [-0.2, -0.15) is 0 Å². The molecule has 3 nitrogen and oxygen atoms in total. The van der Waals surface area contributed by atoms with E-state index < -0.39 is 0 Å². The Hall–Kier alpha value is -1.38. The molecule has 3 heteroatoms. The van der Waals surface area contributed by atoms with Crippen molar-refractivity contribution in [3.8, 4) is 0 Å². The number of nitrogens with one attached hydrogen (secondary N) is 1. The van der Waals surface area contributed by atoms with E-state index in [1.54, 1.807) is 0 Å². The second-order valence-electron chi connectivity index (χ2n) is 5.08. The largest absolute Gasteiger partial charge is 0.341 e. The van der Waals surface area contributed by atoms with Gasteiger partial charge < -0.3 is 4.98 Å². The van der Waals surface area contributed by atoms with Crippen LogP contribution in [0.15, 0.2) is 6.07 Å². The van der Waals surface area contributed by atoms with Gasteiger partial charge in [0.1, 0.15) is 11.3 Å². The van der Waals surface area contributed by atoms with Gasteiger partial charge in [-0.05, 0) is 19.9 Å². The molecule has 0 aliphatic carbocycles. The molecule has 0 fully saturated rings. The highest BCUT2D eigenvalue weighted by Gasteiger charge is 2.19. The number of rotatable bonds is 0. The molecule has 0 radical (unpaired) electrons. The predicted molar refractivity (Wildman–Crippen MR) is 62.1 cm³/mol. The second-order valence-corrected chi connectivity index (χ2v) is 5.08. The summed E-state index contributed by atoms with van der Waals surface area (Å²) in [6.07, 6.45) is 0. The number of aromatic nitrogens is 3. The SMILES string of the molecule is Cc1cc2[nH]c(C(C)(C)C)nc2c(C)n1. The van der Waals surface area contributed by atoms with E-state index in [0.717, 1.165) is 28.2 Å². The van der Waals surface area contributed by atoms with Crippen molar-refractivity contribution >= 4 is 11.0 Å². The molecule has 2 aromatic heterocycles. The third-order valence-corrected chi connectivity index (χ3v) is 2.48. The monoisotopic (exact) mass is 203 g/mol. The quantitative estimate of drug-likeness (QED) is 0.715. The fourth-order valence-electron chi connectivity index (χ4n) is 1.68. The van der Waals surface area contributed by atoms with E-state index >= 15 is 0 Å². The maximum atomic E-state index is 4.61. The summed E-state index contributed by atoms with van der Waals surface area (Å²) in [5.74, 6) is 1.02. The average Bonchev–Trinajstić information content (AvgIpc) is 2.46. The molecule has 0 atom stereocenters. The molecule has 2 heterocycles. The van der Waals surface area contributed by atoms with Crippen LogP contribution in [0.25, 0.3) is 11.0 Å². The molecule has 0 aromatic carbocycles. The fraction of sp³-hybridized carbons (Fsp3) is 0.500. The first-order valence-electron chi connectivity index (χ1n) is 5.22. The summed E-state index contributed by atoms with van der Waals surface area (Å²) >= 11 is 0. The number of imidazole rings is 1. The molecule has 0 spiro atoms. The van der Waals surface area contributed by atoms with Crippen LogP contribution in [0.2, 0.25) is 0 Å². The van der Waals surface area contributed by atoms with Crippen molar-refractivity contribution < 1.29 is 0 Å². The van der Waals surface area contributed by atoms with Crippen LogP contribution >= 0.6 is 0 Å². The Morgan fingerprint density at radius 2 is 1.80 bits per heavy atom. The molecule has 2 aromatic rings. The van der Waals surface area contributed by atoms with Crippen LogP contribution < -0.4 is 0 Å². The van der Waals surface area contributed by atoms with Crippen LogP contribution in [0.3, 0.4) is 0 Å². The standard InChI is InChI=1S/C12H17N3/c1-7-6-9-10(8(2)13-7)15-11(14-9)12(3,4)5/h6H,1-5H3,(H,14,15). The molecule has 0 saturated carbocycles. The Balaban J connectivity index is 2.71. The lowest BCUT2D eigenvalue weighted by molar-refractivity contribution is 0.554. The molecule has 0 aliphatic heterocycles. The van der Waals surface area contributed by atoms with E-state index in [9.17, 15) is 0 Å². The predicted octanol–water partition coefficient (Wildman–Crippen LogP) is 2.87. The van der Waals surface area contributed by atoms with Gasteiger partial charge in [-0.25, -0.2) is 4.98 Å². The summed E-state index contributed by atoms with van der Waals surface area (Å²) in [5, 5.41) is 0. The minimum absolute atomic E-state index is 0.0549. The van der Waals surface area contributed by atoms with Gasteiger partial charge in [-0.3, -0.25) is 4.98 Å². The molecule has 0 aliphatic rings. The van der Waals surface area contributed by atoms with Crippen molar-refractivity contribution in [1.29, 1.82) is 0 Å². The summed E-state index contributed by atoms with van der Waals surface area (Å²) < 4.78 is 0. The van der Waals surface area contributed by atoms with Crippen LogP contribution in [0.5, 0.6) is 0 Å². The zero-order valence-corrected chi connectivity index (χ0v) is 9.97. The summed E-state index contributed by atoms with van der Waals surface area (Å²) in [4.78, 5) is 12.4. The number of hydrogen-bond acceptors (Lipinski definition) is 2. The van der Waals surface area contributed by atoms with Gasteiger partial charge in [0.15, 0.2) is 0 Å². The topological polar surface area (TPSA) is 41.6 Å². The second kappa shape index (κ2) is 3.05. The van der Waals surface area contributed by atoms with Crippen LogP contribution in [0.1, 0.15) is 38.0 Å². The number of aryl methyl sites for hydroxylation is 2. The third-order valence-electron chi connectivity index (χ3n) is 2.48. The van der Waals surface area contributed by atoms with Crippen LogP contribution in [0.4, 0.5) is 0 Å². The zero-order chi connectivity index (χ0) is 11.2. The first-order valence-corrected chi connectivity index (χ1v) is 5.22. The van der Waals surface area contributed by atoms with E-state index in [1.807, 2.05) is 19.9 Å². The third kappa shape index (κ3) is 1.74. The lowest BCUT2D eigenvalue weighted by Crippen LogP contribution is -2.12. The van der Waals surface area contributed by atoms with Gasteiger partial charge >= 0.3 is 0 Å². The number of nitrogens with zero attached hydrogens (tertiary/aromatic N) is 2. The molecule has 1 N–H and O–H groups in total. The average molecular weight is 203 g/mol. The highest BCUT2D eigenvalue weighted by molar-refractivity contribution is 5.77. The number of H-pyrrole nitrogens is 1.